The van der Waals surface area contributed by atoms with E-state index >= 15 is 0 Å². The number of carbonyl (C=O) groups is 3. The van der Waals surface area contributed by atoms with Crippen LogP contribution in [0.25, 0.3) is 0 Å². The lowest BCUT2D eigenvalue weighted by Gasteiger charge is -2.29. The number of nitrogens with zero attached hydrogens (tertiary/aromatic N) is 1. The Morgan fingerprint density at radius 1 is 1.40 bits per heavy atom. The van der Waals surface area contributed by atoms with Crippen molar-refractivity contribution >= 4 is 35.2 Å². The van der Waals surface area contributed by atoms with Crippen molar-refractivity contribution in [1.29, 1.82) is 0 Å². The standard InChI is InChI=1S/C18H22N2O4S/c1-11-4-5-12(2)13(8-11)19-15(21)9-24-17(23)14-10-25-18(3)7-6-16(22)20(14)18/h4-5,8,14H,6-7,9-10H2,1-3H3,(H,19,21)/t14-,18+/m0/s1. The summed E-state index contributed by atoms with van der Waals surface area (Å²) < 4.78 is 5.17. The van der Waals surface area contributed by atoms with Crippen LogP contribution in [0.3, 0.4) is 0 Å². The predicted molar refractivity (Wildman–Crippen MR) is 96.2 cm³/mol. The average Bonchev–Trinajstić information content (AvgIpc) is 3.05. The molecule has 134 valence electrons. The number of anilines is 1. The zero-order valence-electron chi connectivity index (χ0n) is 14.6. The second-order valence-corrected chi connectivity index (χ2v) is 8.24. The van der Waals surface area contributed by atoms with Crippen molar-refractivity contribution in [1.82, 2.24) is 4.90 Å². The van der Waals surface area contributed by atoms with Crippen LogP contribution in [0.15, 0.2) is 18.2 Å². The number of rotatable bonds is 4. The molecule has 3 rings (SSSR count). The molecule has 7 heteroatoms. The van der Waals surface area contributed by atoms with E-state index in [0.717, 1.165) is 17.5 Å². The zero-order valence-corrected chi connectivity index (χ0v) is 15.4. The maximum absolute atomic E-state index is 12.3. The largest absolute Gasteiger partial charge is 0.454 e. The van der Waals surface area contributed by atoms with Crippen LogP contribution in [0.2, 0.25) is 0 Å². The number of fused-ring (bicyclic) bond motifs is 1. The first-order valence-electron chi connectivity index (χ1n) is 8.30. The topological polar surface area (TPSA) is 75.7 Å². The van der Waals surface area contributed by atoms with Crippen LogP contribution >= 0.6 is 11.8 Å². The molecule has 6 nitrogen and oxygen atoms in total. The van der Waals surface area contributed by atoms with Crippen LogP contribution in [0.1, 0.15) is 30.9 Å². The van der Waals surface area contributed by atoms with Gasteiger partial charge in [-0.25, -0.2) is 4.79 Å². The maximum atomic E-state index is 12.3. The van der Waals surface area contributed by atoms with Crippen molar-refractivity contribution in [3.8, 4) is 0 Å². The van der Waals surface area contributed by atoms with Crippen LogP contribution in [0.4, 0.5) is 5.69 Å². The van der Waals surface area contributed by atoms with Gasteiger partial charge in [-0.3, -0.25) is 9.59 Å². The van der Waals surface area contributed by atoms with Crippen molar-refractivity contribution in [3.05, 3.63) is 29.3 Å². The summed E-state index contributed by atoms with van der Waals surface area (Å²) in [4.78, 5) is 37.8. The number of nitrogens with one attached hydrogen (secondary N) is 1. The van der Waals surface area contributed by atoms with Gasteiger partial charge in [-0.05, 0) is 44.4 Å². The van der Waals surface area contributed by atoms with Gasteiger partial charge in [-0.2, -0.15) is 0 Å². The summed E-state index contributed by atoms with van der Waals surface area (Å²) in [5.41, 5.74) is 2.68. The highest BCUT2D eigenvalue weighted by Gasteiger charge is 2.53. The Labute approximate surface area is 151 Å². The first kappa shape index (κ1) is 17.8. The molecule has 2 aliphatic heterocycles. The molecule has 0 bridgehead atoms. The lowest BCUT2D eigenvalue weighted by atomic mass is 10.1. The van der Waals surface area contributed by atoms with E-state index in [1.807, 2.05) is 39.0 Å². The molecule has 1 aromatic carbocycles. The lowest BCUT2D eigenvalue weighted by Crippen LogP contribution is -2.47. The molecular formula is C18H22N2O4S. The molecular weight excluding hydrogens is 340 g/mol. The van der Waals surface area contributed by atoms with Crippen LogP contribution < -0.4 is 5.32 Å². The summed E-state index contributed by atoms with van der Waals surface area (Å²) in [6, 6.07) is 5.16. The molecule has 0 spiro atoms. The molecule has 2 fully saturated rings. The maximum Gasteiger partial charge on any atom is 0.330 e. The molecule has 0 aliphatic carbocycles. The SMILES string of the molecule is Cc1ccc(C)c(NC(=O)COC(=O)[C@@H]2CS[C@]3(C)CCC(=O)N23)c1. The normalized spacial score (nSPS) is 25.0. The van der Waals surface area contributed by atoms with Gasteiger partial charge in [0, 0.05) is 17.9 Å². The van der Waals surface area contributed by atoms with Crippen molar-refractivity contribution in [2.45, 2.75) is 44.5 Å². The fraction of sp³-hybridized carbons (Fsp3) is 0.500. The third-order valence-electron chi connectivity index (χ3n) is 4.73. The number of thioether (sulfide) groups is 1. The van der Waals surface area contributed by atoms with Gasteiger partial charge in [0.1, 0.15) is 6.04 Å². The molecule has 0 unspecified atom stereocenters. The summed E-state index contributed by atoms with van der Waals surface area (Å²) in [5, 5.41) is 2.76. The predicted octanol–water partition coefficient (Wildman–Crippen LogP) is 2.24. The first-order chi connectivity index (χ1) is 11.8. The minimum atomic E-state index is -0.599. The molecule has 1 N–H and O–H groups in total. The van der Waals surface area contributed by atoms with Gasteiger partial charge >= 0.3 is 5.97 Å². The van der Waals surface area contributed by atoms with Gasteiger partial charge in [0.05, 0.1) is 4.87 Å². The van der Waals surface area contributed by atoms with Crippen LogP contribution in [-0.4, -0.2) is 46.0 Å². The molecule has 0 saturated carbocycles. The third-order valence-corrected chi connectivity index (χ3v) is 6.23. The molecule has 2 saturated heterocycles. The number of benzene rings is 1. The van der Waals surface area contributed by atoms with Crippen molar-refractivity contribution < 1.29 is 19.1 Å². The van der Waals surface area contributed by atoms with Crippen molar-refractivity contribution in [2.75, 3.05) is 17.7 Å². The van der Waals surface area contributed by atoms with E-state index in [0.29, 0.717) is 17.9 Å². The zero-order chi connectivity index (χ0) is 18.2. The van der Waals surface area contributed by atoms with E-state index in [9.17, 15) is 14.4 Å². The molecule has 0 radical (unpaired) electrons. The third kappa shape index (κ3) is 3.51. The van der Waals surface area contributed by atoms with Gasteiger partial charge in [-0.1, -0.05) is 12.1 Å². The van der Waals surface area contributed by atoms with Gasteiger partial charge < -0.3 is 15.0 Å². The number of carbonyl (C=O) groups excluding carboxylic acids is 3. The molecule has 25 heavy (non-hydrogen) atoms. The minimum absolute atomic E-state index is 0.0192. The second kappa shape index (κ2) is 6.71. The van der Waals surface area contributed by atoms with E-state index in [4.69, 9.17) is 4.74 Å². The van der Waals surface area contributed by atoms with Crippen molar-refractivity contribution in [2.24, 2.45) is 0 Å². The minimum Gasteiger partial charge on any atom is -0.454 e. The second-order valence-electron chi connectivity index (χ2n) is 6.74. The summed E-state index contributed by atoms with van der Waals surface area (Å²) >= 11 is 1.60. The molecule has 2 heterocycles. The molecule has 0 aromatic heterocycles. The van der Waals surface area contributed by atoms with E-state index in [-0.39, 0.29) is 23.3 Å². The summed E-state index contributed by atoms with van der Waals surface area (Å²) in [7, 11) is 0. The first-order valence-corrected chi connectivity index (χ1v) is 9.28. The van der Waals surface area contributed by atoms with E-state index in [1.165, 1.54) is 0 Å². The average molecular weight is 362 g/mol. The van der Waals surface area contributed by atoms with Crippen LogP contribution in [-0.2, 0) is 19.1 Å². The molecule has 2 atom stereocenters. The number of hydrogen-bond acceptors (Lipinski definition) is 5. The van der Waals surface area contributed by atoms with E-state index < -0.39 is 12.0 Å². The smallest absolute Gasteiger partial charge is 0.330 e. The van der Waals surface area contributed by atoms with Gasteiger partial charge in [-0.15, -0.1) is 11.8 Å². The Bertz CT molecular complexity index is 736. The van der Waals surface area contributed by atoms with Crippen LogP contribution in [0, 0.1) is 13.8 Å². The fourth-order valence-corrected chi connectivity index (χ4v) is 4.70. The highest BCUT2D eigenvalue weighted by atomic mass is 32.2. The van der Waals surface area contributed by atoms with E-state index in [2.05, 4.69) is 5.32 Å². The quantitative estimate of drug-likeness (QED) is 0.832. The number of esters is 1. The van der Waals surface area contributed by atoms with E-state index in [1.54, 1.807) is 16.7 Å². The number of hydrogen-bond donors (Lipinski definition) is 1. The van der Waals surface area contributed by atoms with Crippen molar-refractivity contribution in [3.63, 3.8) is 0 Å². The summed E-state index contributed by atoms with van der Waals surface area (Å²) in [5.74, 6) is -0.403. The lowest BCUT2D eigenvalue weighted by molar-refractivity contribution is -0.155. The summed E-state index contributed by atoms with van der Waals surface area (Å²) in [6.45, 7) is 5.46. The highest BCUT2D eigenvalue weighted by molar-refractivity contribution is 8.01. The number of amides is 2. The Balaban J connectivity index is 1.56. The van der Waals surface area contributed by atoms with Crippen LogP contribution in [0.5, 0.6) is 0 Å². The highest BCUT2D eigenvalue weighted by Crippen LogP contribution is 2.47. The Kier molecular flexibility index (Phi) is 4.77. The van der Waals surface area contributed by atoms with Gasteiger partial charge in [0.2, 0.25) is 5.91 Å². The summed E-state index contributed by atoms with van der Waals surface area (Å²) in [6.07, 6.45) is 1.20. The number of aryl methyl sites for hydroxylation is 2. The van der Waals surface area contributed by atoms with Gasteiger partial charge in [0.15, 0.2) is 6.61 Å². The number of ether oxygens (including phenoxy) is 1. The molecule has 1 aromatic rings. The Hall–Kier alpha value is -2.02. The Morgan fingerprint density at radius 3 is 2.92 bits per heavy atom. The monoisotopic (exact) mass is 362 g/mol. The Morgan fingerprint density at radius 2 is 2.16 bits per heavy atom. The molecule has 2 aliphatic rings. The fourth-order valence-electron chi connectivity index (χ4n) is 3.28. The van der Waals surface area contributed by atoms with Gasteiger partial charge in [0.25, 0.3) is 5.91 Å². The molecule has 2 amide bonds.